The highest BCUT2D eigenvalue weighted by molar-refractivity contribution is 6.35. The number of nitrogens with one attached hydrogen (secondary N) is 1. The molecule has 3 N–H and O–H groups in total. The van der Waals surface area contributed by atoms with Gasteiger partial charge in [0.05, 0.1) is 5.02 Å². The van der Waals surface area contributed by atoms with E-state index in [0.717, 1.165) is 0 Å². The first-order valence-corrected chi connectivity index (χ1v) is 6.48. The number of nitrogens with two attached hydrogens (primary N) is 1. The van der Waals surface area contributed by atoms with Crippen LogP contribution in [0.15, 0.2) is 24.8 Å². The first-order chi connectivity index (χ1) is 8.99. The molecule has 1 amide bonds. The molecule has 1 rings (SSSR count). The third-order valence-electron chi connectivity index (χ3n) is 2.39. The molecule has 19 heavy (non-hydrogen) atoms. The molecule has 0 aliphatic rings. The molecular weight excluding hydrogens is 287 g/mol. The molecule has 0 saturated carbocycles. The monoisotopic (exact) mass is 302 g/mol. The summed E-state index contributed by atoms with van der Waals surface area (Å²) in [7, 11) is 0. The minimum absolute atomic E-state index is 0.219. The normalized spacial score (nSPS) is 11.8. The largest absolute Gasteiger partial charge is 0.479 e. The number of hydrogen-bond acceptors (Lipinski definition) is 3. The zero-order chi connectivity index (χ0) is 14.4. The Morgan fingerprint density at radius 3 is 2.84 bits per heavy atom. The molecule has 0 aliphatic carbocycles. The van der Waals surface area contributed by atoms with Gasteiger partial charge in [0.1, 0.15) is 5.75 Å². The fourth-order valence-electron chi connectivity index (χ4n) is 1.44. The molecule has 0 spiro atoms. The molecule has 1 aromatic rings. The van der Waals surface area contributed by atoms with Crippen molar-refractivity contribution in [3.8, 4) is 5.75 Å². The van der Waals surface area contributed by atoms with Crippen LogP contribution in [0.4, 0.5) is 0 Å². The van der Waals surface area contributed by atoms with Crippen molar-refractivity contribution in [2.45, 2.75) is 19.6 Å². The number of carbonyl (C=O) groups is 1. The number of ether oxygens (including phenoxy) is 1. The number of benzene rings is 1. The number of rotatable bonds is 6. The van der Waals surface area contributed by atoms with Gasteiger partial charge < -0.3 is 15.8 Å². The van der Waals surface area contributed by atoms with Crippen LogP contribution in [0.1, 0.15) is 12.5 Å². The average molecular weight is 303 g/mol. The Hall–Kier alpha value is -1.23. The SMILES string of the molecule is C=CCNC(=O)C(C)Oc1c(Cl)cc(Cl)cc1CN. The number of carbonyl (C=O) groups excluding carboxylic acids is 1. The fourth-order valence-corrected chi connectivity index (χ4v) is 2.02. The minimum atomic E-state index is -0.691. The zero-order valence-corrected chi connectivity index (χ0v) is 12.1. The summed E-state index contributed by atoms with van der Waals surface area (Å²) in [5, 5.41) is 3.44. The predicted octanol–water partition coefficient (Wildman–Crippen LogP) is 2.52. The second-order valence-corrected chi connectivity index (χ2v) is 4.72. The molecule has 0 heterocycles. The third-order valence-corrected chi connectivity index (χ3v) is 2.89. The summed E-state index contributed by atoms with van der Waals surface area (Å²) < 4.78 is 5.56. The zero-order valence-electron chi connectivity index (χ0n) is 10.6. The highest BCUT2D eigenvalue weighted by Crippen LogP contribution is 2.32. The summed E-state index contributed by atoms with van der Waals surface area (Å²) in [5.74, 6) is 0.128. The van der Waals surface area contributed by atoms with Crippen molar-refractivity contribution in [1.82, 2.24) is 5.32 Å². The summed E-state index contributed by atoms with van der Waals surface area (Å²) in [6, 6.07) is 3.21. The molecule has 4 nitrogen and oxygen atoms in total. The lowest BCUT2D eigenvalue weighted by atomic mass is 10.2. The number of halogens is 2. The van der Waals surface area contributed by atoms with Gasteiger partial charge >= 0.3 is 0 Å². The van der Waals surface area contributed by atoms with Crippen LogP contribution in [-0.2, 0) is 11.3 Å². The van der Waals surface area contributed by atoms with Crippen molar-refractivity contribution in [3.05, 3.63) is 40.4 Å². The summed E-state index contributed by atoms with van der Waals surface area (Å²) >= 11 is 11.9. The smallest absolute Gasteiger partial charge is 0.261 e. The van der Waals surface area contributed by atoms with Crippen molar-refractivity contribution in [3.63, 3.8) is 0 Å². The van der Waals surface area contributed by atoms with Crippen LogP contribution in [0.5, 0.6) is 5.75 Å². The van der Waals surface area contributed by atoms with Crippen molar-refractivity contribution >= 4 is 29.1 Å². The molecular formula is C13H16Cl2N2O2. The van der Waals surface area contributed by atoms with Gasteiger partial charge in [0, 0.05) is 23.7 Å². The molecule has 0 aliphatic heterocycles. The Morgan fingerprint density at radius 2 is 2.26 bits per heavy atom. The van der Waals surface area contributed by atoms with Crippen LogP contribution in [0.2, 0.25) is 10.0 Å². The second kappa shape index (κ2) is 7.38. The van der Waals surface area contributed by atoms with Crippen LogP contribution >= 0.6 is 23.2 Å². The van der Waals surface area contributed by atoms with Crippen LogP contribution in [-0.4, -0.2) is 18.6 Å². The van der Waals surface area contributed by atoms with Crippen LogP contribution in [0.3, 0.4) is 0 Å². The van der Waals surface area contributed by atoms with E-state index in [2.05, 4.69) is 11.9 Å². The average Bonchev–Trinajstić information content (AvgIpc) is 2.38. The highest BCUT2D eigenvalue weighted by Gasteiger charge is 2.18. The van der Waals surface area contributed by atoms with Gasteiger partial charge in [-0.15, -0.1) is 6.58 Å². The standard InChI is InChI=1S/C13H16Cl2N2O2/c1-3-4-17-13(18)8(2)19-12-9(7-16)5-10(14)6-11(12)15/h3,5-6,8H,1,4,7,16H2,2H3,(H,17,18). The lowest BCUT2D eigenvalue weighted by molar-refractivity contribution is -0.127. The maximum atomic E-state index is 11.7. The molecule has 1 atom stereocenters. The molecule has 6 heteroatoms. The van der Waals surface area contributed by atoms with Crippen LogP contribution < -0.4 is 15.8 Å². The van der Waals surface area contributed by atoms with Crippen molar-refractivity contribution in [1.29, 1.82) is 0 Å². The number of amides is 1. The first kappa shape index (κ1) is 15.8. The lowest BCUT2D eigenvalue weighted by Gasteiger charge is -2.18. The van der Waals surface area contributed by atoms with Gasteiger partial charge in [-0.25, -0.2) is 0 Å². The molecule has 0 fully saturated rings. The van der Waals surface area contributed by atoms with E-state index < -0.39 is 6.10 Å². The van der Waals surface area contributed by atoms with Gasteiger partial charge in [-0.2, -0.15) is 0 Å². The first-order valence-electron chi connectivity index (χ1n) is 5.72. The Balaban J connectivity index is 2.86. The molecule has 0 saturated heterocycles. The van der Waals surface area contributed by atoms with E-state index in [4.69, 9.17) is 33.7 Å². The Labute approximate surface area is 122 Å². The maximum absolute atomic E-state index is 11.7. The molecule has 1 aromatic carbocycles. The van der Waals surface area contributed by atoms with E-state index in [1.54, 1.807) is 25.1 Å². The summed E-state index contributed by atoms with van der Waals surface area (Å²) in [5.41, 5.74) is 6.26. The summed E-state index contributed by atoms with van der Waals surface area (Å²) in [6.45, 7) is 5.75. The predicted molar refractivity (Wildman–Crippen MR) is 77.7 cm³/mol. The molecule has 0 radical (unpaired) electrons. The maximum Gasteiger partial charge on any atom is 0.261 e. The van der Waals surface area contributed by atoms with Gasteiger partial charge in [0.2, 0.25) is 0 Å². The van der Waals surface area contributed by atoms with E-state index >= 15 is 0 Å². The Bertz CT molecular complexity index is 478. The quantitative estimate of drug-likeness (QED) is 0.794. The molecule has 104 valence electrons. The van der Waals surface area contributed by atoms with Crippen molar-refractivity contribution in [2.75, 3.05) is 6.54 Å². The molecule has 0 aromatic heterocycles. The summed E-state index contributed by atoms with van der Waals surface area (Å²) in [6.07, 6.45) is 0.898. The van der Waals surface area contributed by atoms with Gasteiger partial charge in [-0.05, 0) is 19.1 Å². The van der Waals surface area contributed by atoms with E-state index in [1.165, 1.54) is 0 Å². The van der Waals surface area contributed by atoms with E-state index in [0.29, 0.717) is 27.9 Å². The lowest BCUT2D eigenvalue weighted by Crippen LogP contribution is -2.36. The van der Waals surface area contributed by atoms with E-state index in [1.807, 2.05) is 0 Å². The van der Waals surface area contributed by atoms with Gasteiger partial charge in [0.15, 0.2) is 6.10 Å². The van der Waals surface area contributed by atoms with Crippen LogP contribution in [0.25, 0.3) is 0 Å². The van der Waals surface area contributed by atoms with Crippen molar-refractivity contribution in [2.24, 2.45) is 5.73 Å². The third kappa shape index (κ3) is 4.42. The van der Waals surface area contributed by atoms with E-state index in [-0.39, 0.29) is 12.5 Å². The topological polar surface area (TPSA) is 64.3 Å². The second-order valence-electron chi connectivity index (χ2n) is 3.87. The van der Waals surface area contributed by atoms with Crippen molar-refractivity contribution < 1.29 is 9.53 Å². The van der Waals surface area contributed by atoms with Crippen LogP contribution in [0, 0.1) is 0 Å². The number of hydrogen-bond donors (Lipinski definition) is 2. The minimum Gasteiger partial charge on any atom is -0.479 e. The van der Waals surface area contributed by atoms with Gasteiger partial charge in [0.25, 0.3) is 5.91 Å². The highest BCUT2D eigenvalue weighted by atomic mass is 35.5. The van der Waals surface area contributed by atoms with Gasteiger partial charge in [-0.3, -0.25) is 4.79 Å². The Morgan fingerprint density at radius 1 is 1.58 bits per heavy atom. The van der Waals surface area contributed by atoms with Gasteiger partial charge in [-0.1, -0.05) is 29.3 Å². The summed E-state index contributed by atoms with van der Waals surface area (Å²) in [4.78, 5) is 11.7. The Kier molecular flexibility index (Phi) is 6.15. The molecule has 1 unspecified atom stereocenters. The fraction of sp³-hybridized carbons (Fsp3) is 0.308. The van der Waals surface area contributed by atoms with E-state index in [9.17, 15) is 4.79 Å². The molecule has 0 bridgehead atoms.